The Bertz CT molecular complexity index is 1220. The monoisotopic (exact) mass is 766 g/mol. The second-order valence-corrected chi connectivity index (χ2v) is 14.5. The number of carboxylic acids is 1. The van der Waals surface area contributed by atoms with Crippen molar-refractivity contribution in [1.82, 2.24) is 0 Å². The molecule has 0 aromatic carbocycles. The lowest BCUT2D eigenvalue weighted by Gasteiger charge is -2.34. The molecular formula is C47H75NO7. The topological polar surface area (TPSA) is 102 Å². The molecule has 0 radical (unpaired) electrons. The second-order valence-electron chi connectivity index (χ2n) is 14.5. The Morgan fingerprint density at radius 1 is 0.545 bits per heavy atom. The molecule has 0 saturated heterocycles. The Morgan fingerprint density at radius 2 is 0.964 bits per heavy atom. The molecule has 0 amide bonds. The lowest BCUT2D eigenvalue weighted by molar-refractivity contribution is -0.889. The number of carbonyl (C=O) groups is 3. The minimum atomic E-state index is -1.14. The van der Waals surface area contributed by atoms with Crippen LogP contribution in [-0.2, 0) is 28.6 Å². The van der Waals surface area contributed by atoms with Crippen LogP contribution in [0.2, 0.25) is 0 Å². The molecule has 0 aromatic rings. The molecule has 0 aliphatic carbocycles. The van der Waals surface area contributed by atoms with Gasteiger partial charge in [0, 0.05) is 19.3 Å². The third-order valence-corrected chi connectivity index (χ3v) is 8.47. The van der Waals surface area contributed by atoms with Gasteiger partial charge in [-0.25, -0.2) is 0 Å². The van der Waals surface area contributed by atoms with Crippen LogP contribution in [0.3, 0.4) is 0 Å². The molecule has 0 aliphatic heterocycles. The average Bonchev–Trinajstić information content (AvgIpc) is 3.14. The highest BCUT2D eigenvalue weighted by Gasteiger charge is 2.25. The van der Waals surface area contributed by atoms with Crippen LogP contribution < -0.4 is 5.11 Å². The van der Waals surface area contributed by atoms with Gasteiger partial charge in [0.1, 0.15) is 12.6 Å². The first kappa shape index (κ1) is 51.2. The van der Waals surface area contributed by atoms with Crippen molar-refractivity contribution in [2.45, 2.75) is 142 Å². The molecule has 55 heavy (non-hydrogen) atoms. The Labute approximate surface area is 335 Å². The van der Waals surface area contributed by atoms with E-state index in [9.17, 15) is 19.5 Å². The maximum Gasteiger partial charge on any atom is 0.306 e. The van der Waals surface area contributed by atoms with E-state index in [1.807, 2.05) is 0 Å². The van der Waals surface area contributed by atoms with Gasteiger partial charge < -0.3 is 28.6 Å². The number of hydrogen-bond acceptors (Lipinski definition) is 7. The first-order valence-electron chi connectivity index (χ1n) is 20.8. The lowest BCUT2D eigenvalue weighted by atomic mass is 10.1. The van der Waals surface area contributed by atoms with E-state index in [2.05, 4.69) is 111 Å². The molecule has 0 bridgehead atoms. The summed E-state index contributed by atoms with van der Waals surface area (Å²) in [7, 11) is 5.36. The smallest absolute Gasteiger partial charge is 0.306 e. The van der Waals surface area contributed by atoms with Gasteiger partial charge in [0.05, 0.1) is 40.3 Å². The van der Waals surface area contributed by atoms with Crippen LogP contribution in [0.5, 0.6) is 0 Å². The van der Waals surface area contributed by atoms with Crippen molar-refractivity contribution in [3.63, 3.8) is 0 Å². The number of allylic oxidation sites excluding steroid dienone is 16. The summed E-state index contributed by atoms with van der Waals surface area (Å²) in [4.78, 5) is 36.7. The van der Waals surface area contributed by atoms with E-state index in [4.69, 9.17) is 14.2 Å². The molecule has 8 nitrogen and oxygen atoms in total. The molecule has 8 heteroatoms. The average molecular weight is 766 g/mol. The molecule has 0 aliphatic rings. The molecule has 2 unspecified atom stereocenters. The Balaban J connectivity index is 4.51. The van der Waals surface area contributed by atoms with Gasteiger partial charge in [-0.05, 0) is 89.9 Å². The van der Waals surface area contributed by atoms with E-state index >= 15 is 0 Å². The first-order valence-corrected chi connectivity index (χ1v) is 20.8. The zero-order chi connectivity index (χ0) is 40.7. The fourth-order valence-corrected chi connectivity index (χ4v) is 5.29. The molecule has 0 saturated carbocycles. The number of carboxylic acid groups (broad SMARTS) is 1. The van der Waals surface area contributed by atoms with Gasteiger partial charge in [-0.15, -0.1) is 0 Å². The maximum absolute atomic E-state index is 12.7. The van der Waals surface area contributed by atoms with Crippen LogP contribution in [0, 0.1) is 0 Å². The van der Waals surface area contributed by atoms with Crippen molar-refractivity contribution >= 4 is 17.9 Å². The van der Waals surface area contributed by atoms with Crippen LogP contribution >= 0.6 is 0 Å². The van der Waals surface area contributed by atoms with Gasteiger partial charge >= 0.3 is 11.9 Å². The van der Waals surface area contributed by atoms with Gasteiger partial charge in [0.2, 0.25) is 0 Å². The summed E-state index contributed by atoms with van der Waals surface area (Å²) in [5.74, 6) is -1.85. The fourth-order valence-electron chi connectivity index (χ4n) is 5.29. The van der Waals surface area contributed by atoms with E-state index in [0.29, 0.717) is 12.8 Å². The number of hydrogen-bond donors (Lipinski definition) is 0. The van der Waals surface area contributed by atoms with E-state index in [-0.39, 0.29) is 55.5 Å². The summed E-state index contributed by atoms with van der Waals surface area (Å²) < 4.78 is 17.0. The molecule has 0 fully saturated rings. The maximum atomic E-state index is 12.7. The van der Waals surface area contributed by atoms with E-state index in [1.54, 1.807) is 21.1 Å². The zero-order valence-electron chi connectivity index (χ0n) is 35.0. The van der Waals surface area contributed by atoms with Crippen LogP contribution in [0.1, 0.15) is 129 Å². The molecule has 0 spiro atoms. The number of unbranched alkanes of at least 4 members (excludes halogenated alkanes) is 5. The van der Waals surface area contributed by atoms with Gasteiger partial charge in [-0.1, -0.05) is 117 Å². The van der Waals surface area contributed by atoms with Crippen LogP contribution in [0.4, 0.5) is 0 Å². The zero-order valence-corrected chi connectivity index (χ0v) is 35.0. The Hall–Kier alpha value is -3.75. The summed E-state index contributed by atoms with van der Waals surface area (Å²) in [6.45, 7) is 4.32. The van der Waals surface area contributed by atoms with E-state index in [1.165, 1.54) is 0 Å². The van der Waals surface area contributed by atoms with Gasteiger partial charge in [0.25, 0.3) is 0 Å². The SMILES string of the molecule is CC/C=C/C/C=C/C/C=C/C/C=C/C/C=C/CCCCCC(=O)OC(COCCC(C(=O)[O-])[N+](C)(C)C)COC(=O)CCCC/C=C/C/C=C/C/C=C/CC. The molecule has 0 rings (SSSR count). The number of esters is 2. The third-order valence-electron chi connectivity index (χ3n) is 8.47. The predicted octanol–water partition coefficient (Wildman–Crippen LogP) is 9.79. The van der Waals surface area contributed by atoms with Gasteiger partial charge in [-0.2, -0.15) is 0 Å². The number of likely N-dealkylation sites (N-methyl/N-ethyl adjacent to an activating group) is 1. The standard InChI is InChI=1S/C47H75NO7/c1-6-8-10-12-14-16-18-20-21-22-23-24-25-26-28-30-32-34-36-38-46(50)55-43(41-53-40-39-44(47(51)52)48(3,4)5)42-54-45(49)37-35-33-31-29-27-19-17-15-13-11-9-7-2/h8-11,14-17,20-21,23-24,26-29,43-44H,6-7,12-13,18-19,22,25,30-42H2,1-5H3/b10-8+,11-9+,16-14+,17-15+,21-20+,24-23+,28-26+,29-27+. The van der Waals surface area contributed by atoms with E-state index < -0.39 is 18.1 Å². The first-order chi connectivity index (χ1) is 26.6. The number of carbonyl (C=O) groups excluding carboxylic acids is 3. The van der Waals surface area contributed by atoms with Crippen molar-refractivity contribution in [3.05, 3.63) is 97.2 Å². The molecule has 310 valence electrons. The number of nitrogens with zero attached hydrogens (tertiary/aromatic N) is 1. The van der Waals surface area contributed by atoms with Crippen LogP contribution in [0.15, 0.2) is 97.2 Å². The molecule has 0 heterocycles. The quantitative estimate of drug-likeness (QED) is 0.0274. The Kier molecular flexibility index (Phi) is 34.7. The predicted molar refractivity (Wildman–Crippen MR) is 226 cm³/mol. The molecule has 0 N–H and O–H groups in total. The highest BCUT2D eigenvalue weighted by atomic mass is 16.6. The fraction of sp³-hybridized carbons (Fsp3) is 0.596. The number of aliphatic carboxylic acids is 1. The summed E-state index contributed by atoms with van der Waals surface area (Å²) in [5.41, 5.74) is 0. The van der Waals surface area contributed by atoms with Gasteiger partial charge in [-0.3, -0.25) is 9.59 Å². The molecule has 0 aromatic heterocycles. The third kappa shape index (κ3) is 35.7. The normalized spacial score (nSPS) is 14.0. The van der Waals surface area contributed by atoms with Crippen molar-refractivity contribution in [1.29, 1.82) is 0 Å². The summed E-state index contributed by atoms with van der Waals surface area (Å²) in [6.07, 6.45) is 48.7. The number of ether oxygens (including phenoxy) is 3. The largest absolute Gasteiger partial charge is 0.544 e. The van der Waals surface area contributed by atoms with Crippen LogP contribution in [0.25, 0.3) is 0 Å². The van der Waals surface area contributed by atoms with E-state index in [0.717, 1.165) is 83.5 Å². The molecule has 2 atom stereocenters. The van der Waals surface area contributed by atoms with Gasteiger partial charge in [0.15, 0.2) is 6.10 Å². The van der Waals surface area contributed by atoms with Crippen molar-refractivity contribution < 1.29 is 38.2 Å². The van der Waals surface area contributed by atoms with Crippen molar-refractivity contribution in [2.24, 2.45) is 0 Å². The minimum absolute atomic E-state index is 0.00807. The second kappa shape index (κ2) is 37.2. The number of rotatable bonds is 35. The van der Waals surface area contributed by atoms with Crippen molar-refractivity contribution in [3.8, 4) is 0 Å². The van der Waals surface area contributed by atoms with Crippen LogP contribution in [-0.4, -0.2) is 75.5 Å². The lowest BCUT2D eigenvalue weighted by Crippen LogP contribution is -2.55. The highest BCUT2D eigenvalue weighted by molar-refractivity contribution is 5.70. The highest BCUT2D eigenvalue weighted by Crippen LogP contribution is 2.11. The molecular weight excluding hydrogens is 691 g/mol. The summed E-state index contributed by atoms with van der Waals surface area (Å²) in [6, 6.07) is -0.743. The summed E-state index contributed by atoms with van der Waals surface area (Å²) in [5, 5.41) is 11.6. The number of quaternary nitrogens is 1. The Morgan fingerprint density at radius 3 is 1.42 bits per heavy atom. The summed E-state index contributed by atoms with van der Waals surface area (Å²) >= 11 is 0. The minimum Gasteiger partial charge on any atom is -0.544 e. The van der Waals surface area contributed by atoms with Crippen molar-refractivity contribution in [2.75, 3.05) is 41.0 Å².